The van der Waals surface area contributed by atoms with Crippen LogP contribution in [0.5, 0.6) is 0 Å². The number of ketones is 1. The minimum absolute atomic E-state index is 0.116. The standard InChI is InChI=1S/C23H21N5O/c1-14-12-15(2)25-23(24-14)28-19-8-5-9-20(29)21(19)22(27-28)26-18-11-10-16-6-3-4-7-17(16)13-18/h3-4,6-7,10-13H,5,8-9H2,1-2H3,(H,26,27). The van der Waals surface area contributed by atoms with Crippen molar-refractivity contribution in [2.45, 2.75) is 33.1 Å². The third-order valence-electron chi connectivity index (χ3n) is 5.25. The van der Waals surface area contributed by atoms with E-state index in [0.29, 0.717) is 23.8 Å². The predicted octanol–water partition coefficient (Wildman–Crippen LogP) is 4.69. The molecule has 2 aromatic carbocycles. The molecule has 0 fully saturated rings. The quantitative estimate of drug-likeness (QED) is 0.555. The van der Waals surface area contributed by atoms with Crippen LogP contribution in [0.2, 0.25) is 0 Å². The summed E-state index contributed by atoms with van der Waals surface area (Å²) < 4.78 is 1.73. The van der Waals surface area contributed by atoms with Gasteiger partial charge in [0.1, 0.15) is 0 Å². The highest BCUT2D eigenvalue weighted by atomic mass is 16.1. The summed E-state index contributed by atoms with van der Waals surface area (Å²) >= 11 is 0. The van der Waals surface area contributed by atoms with Crippen LogP contribution in [0, 0.1) is 13.8 Å². The zero-order valence-electron chi connectivity index (χ0n) is 16.4. The van der Waals surface area contributed by atoms with E-state index in [1.807, 2.05) is 38.1 Å². The van der Waals surface area contributed by atoms with Gasteiger partial charge in [-0.3, -0.25) is 4.79 Å². The molecule has 1 aliphatic carbocycles. The van der Waals surface area contributed by atoms with Crippen molar-refractivity contribution < 1.29 is 4.79 Å². The maximum atomic E-state index is 12.8. The van der Waals surface area contributed by atoms with Crippen LogP contribution >= 0.6 is 0 Å². The fourth-order valence-corrected chi connectivity index (χ4v) is 3.98. The first-order valence-corrected chi connectivity index (χ1v) is 9.82. The normalized spacial score (nSPS) is 13.5. The number of nitrogens with one attached hydrogen (secondary N) is 1. The molecule has 0 spiro atoms. The minimum atomic E-state index is 0.116. The number of Topliss-reactive ketones (excluding diaryl/α,β-unsaturated/α-hetero) is 1. The summed E-state index contributed by atoms with van der Waals surface area (Å²) in [5.74, 6) is 1.20. The van der Waals surface area contributed by atoms with Gasteiger partial charge in [-0.1, -0.05) is 30.3 Å². The summed E-state index contributed by atoms with van der Waals surface area (Å²) in [4.78, 5) is 21.9. The molecule has 0 radical (unpaired) electrons. The van der Waals surface area contributed by atoms with Gasteiger partial charge < -0.3 is 5.32 Å². The Hall–Kier alpha value is -3.54. The highest BCUT2D eigenvalue weighted by Crippen LogP contribution is 2.31. The Bertz CT molecular complexity index is 1240. The van der Waals surface area contributed by atoms with Crippen LogP contribution in [0.1, 0.15) is 40.3 Å². The summed E-state index contributed by atoms with van der Waals surface area (Å²) in [5.41, 5.74) is 4.20. The Labute approximate surface area is 168 Å². The van der Waals surface area contributed by atoms with E-state index in [1.54, 1.807) is 4.68 Å². The third kappa shape index (κ3) is 3.16. The maximum Gasteiger partial charge on any atom is 0.251 e. The van der Waals surface area contributed by atoms with Crippen LogP contribution in [0.15, 0.2) is 48.5 Å². The van der Waals surface area contributed by atoms with Gasteiger partial charge in [-0.25, -0.2) is 14.6 Å². The molecule has 6 nitrogen and oxygen atoms in total. The molecule has 0 saturated carbocycles. The number of carbonyl (C=O) groups is 1. The number of fused-ring (bicyclic) bond motifs is 2. The predicted molar refractivity (Wildman–Crippen MR) is 113 cm³/mol. The minimum Gasteiger partial charge on any atom is -0.338 e. The average Bonchev–Trinajstić information content (AvgIpc) is 3.07. The number of aryl methyl sites for hydroxylation is 2. The van der Waals surface area contributed by atoms with Crippen LogP contribution in [-0.4, -0.2) is 25.5 Å². The first-order chi connectivity index (χ1) is 14.1. The lowest BCUT2D eigenvalue weighted by atomic mass is 9.96. The van der Waals surface area contributed by atoms with E-state index >= 15 is 0 Å². The van der Waals surface area contributed by atoms with E-state index in [9.17, 15) is 4.79 Å². The Morgan fingerprint density at radius 1 is 0.931 bits per heavy atom. The van der Waals surface area contributed by atoms with Crippen molar-refractivity contribution in [3.63, 3.8) is 0 Å². The van der Waals surface area contributed by atoms with Crippen LogP contribution in [0.3, 0.4) is 0 Å². The van der Waals surface area contributed by atoms with Gasteiger partial charge >= 0.3 is 0 Å². The maximum absolute atomic E-state index is 12.8. The molecular formula is C23H21N5O. The van der Waals surface area contributed by atoms with Crippen molar-refractivity contribution in [1.82, 2.24) is 19.7 Å². The molecular weight excluding hydrogens is 362 g/mol. The highest BCUT2D eigenvalue weighted by Gasteiger charge is 2.28. The molecule has 1 N–H and O–H groups in total. The molecule has 0 amide bonds. The number of hydrogen-bond acceptors (Lipinski definition) is 5. The second-order valence-electron chi connectivity index (χ2n) is 7.50. The van der Waals surface area contributed by atoms with E-state index in [2.05, 4.69) is 39.6 Å². The molecule has 6 heteroatoms. The second-order valence-corrected chi connectivity index (χ2v) is 7.50. The lowest BCUT2D eigenvalue weighted by Gasteiger charge is -2.13. The Balaban J connectivity index is 1.62. The summed E-state index contributed by atoms with van der Waals surface area (Å²) in [6, 6.07) is 16.3. The van der Waals surface area contributed by atoms with Crippen molar-refractivity contribution >= 4 is 28.1 Å². The summed E-state index contributed by atoms with van der Waals surface area (Å²) in [7, 11) is 0. The summed E-state index contributed by atoms with van der Waals surface area (Å²) in [5, 5.41) is 10.4. The van der Waals surface area contributed by atoms with Gasteiger partial charge in [-0.05, 0) is 55.7 Å². The topological polar surface area (TPSA) is 72.7 Å². The van der Waals surface area contributed by atoms with Gasteiger partial charge in [0.2, 0.25) is 0 Å². The zero-order chi connectivity index (χ0) is 20.0. The molecule has 29 heavy (non-hydrogen) atoms. The van der Waals surface area contributed by atoms with Crippen LogP contribution < -0.4 is 5.32 Å². The van der Waals surface area contributed by atoms with Gasteiger partial charge in [-0.15, -0.1) is 5.10 Å². The van der Waals surface area contributed by atoms with Crippen molar-refractivity contribution in [3.05, 3.63) is 71.2 Å². The van der Waals surface area contributed by atoms with Crippen molar-refractivity contribution in [2.24, 2.45) is 0 Å². The third-order valence-corrected chi connectivity index (χ3v) is 5.25. The number of hydrogen-bond donors (Lipinski definition) is 1. The van der Waals surface area contributed by atoms with Crippen molar-refractivity contribution in [3.8, 4) is 5.95 Å². The number of benzene rings is 2. The molecule has 144 valence electrons. The molecule has 0 saturated heterocycles. The molecule has 2 aromatic heterocycles. The van der Waals surface area contributed by atoms with E-state index in [4.69, 9.17) is 5.10 Å². The summed E-state index contributed by atoms with van der Waals surface area (Å²) in [6.45, 7) is 3.88. The Kier molecular flexibility index (Phi) is 4.12. The monoisotopic (exact) mass is 383 g/mol. The fraction of sp³-hybridized carbons (Fsp3) is 0.217. The molecule has 0 atom stereocenters. The molecule has 0 unspecified atom stereocenters. The molecule has 2 heterocycles. The van der Waals surface area contributed by atoms with Crippen molar-refractivity contribution in [1.29, 1.82) is 0 Å². The molecule has 0 bridgehead atoms. The van der Waals surface area contributed by atoms with Gasteiger partial charge in [0.25, 0.3) is 5.95 Å². The number of anilines is 2. The smallest absolute Gasteiger partial charge is 0.251 e. The largest absolute Gasteiger partial charge is 0.338 e. The van der Waals surface area contributed by atoms with Crippen molar-refractivity contribution in [2.75, 3.05) is 5.32 Å². The highest BCUT2D eigenvalue weighted by molar-refractivity contribution is 6.03. The van der Waals surface area contributed by atoms with Crippen LogP contribution in [0.4, 0.5) is 11.5 Å². The zero-order valence-corrected chi connectivity index (χ0v) is 16.4. The van der Waals surface area contributed by atoms with E-state index < -0.39 is 0 Å². The second kappa shape index (κ2) is 6.81. The molecule has 1 aliphatic rings. The van der Waals surface area contributed by atoms with Gasteiger partial charge in [0.15, 0.2) is 11.6 Å². The molecule has 4 aromatic rings. The molecule has 0 aliphatic heterocycles. The molecule has 5 rings (SSSR count). The van der Waals surface area contributed by atoms with Gasteiger partial charge in [0, 0.05) is 23.5 Å². The van der Waals surface area contributed by atoms with Gasteiger partial charge in [0.05, 0.1) is 11.3 Å². The first kappa shape index (κ1) is 17.6. The fourth-order valence-electron chi connectivity index (χ4n) is 3.98. The van der Waals surface area contributed by atoms with E-state index in [1.165, 1.54) is 5.39 Å². The number of aromatic nitrogens is 4. The Morgan fingerprint density at radius 3 is 2.48 bits per heavy atom. The Morgan fingerprint density at radius 2 is 1.69 bits per heavy atom. The van der Waals surface area contributed by atoms with Crippen LogP contribution in [-0.2, 0) is 6.42 Å². The van der Waals surface area contributed by atoms with E-state index in [-0.39, 0.29) is 5.78 Å². The lowest BCUT2D eigenvalue weighted by Crippen LogP contribution is -2.15. The lowest BCUT2D eigenvalue weighted by molar-refractivity contribution is 0.0973. The first-order valence-electron chi connectivity index (χ1n) is 9.82. The SMILES string of the molecule is Cc1cc(C)nc(-n2nc(Nc3ccc4ccccc4c3)c3c2CCCC3=O)n1. The average molecular weight is 383 g/mol. The van der Waals surface area contributed by atoms with E-state index in [0.717, 1.165) is 41.0 Å². The summed E-state index contributed by atoms with van der Waals surface area (Å²) in [6.07, 6.45) is 2.14. The van der Waals surface area contributed by atoms with Gasteiger partial charge in [-0.2, -0.15) is 0 Å². The number of rotatable bonds is 3. The number of carbonyl (C=O) groups excluding carboxylic acids is 1. The number of nitrogens with zero attached hydrogens (tertiary/aromatic N) is 4. The van der Waals surface area contributed by atoms with Crippen LogP contribution in [0.25, 0.3) is 16.7 Å².